The Morgan fingerprint density at radius 2 is 1.44 bits per heavy atom. The molecule has 0 aliphatic rings. The van der Waals surface area contributed by atoms with E-state index in [0.29, 0.717) is 28.9 Å². The van der Waals surface area contributed by atoms with E-state index in [-0.39, 0.29) is 0 Å². The smallest absolute Gasteiger partial charge is 0.156 e. The normalized spacial score (nSPS) is 10.7. The van der Waals surface area contributed by atoms with Crippen molar-refractivity contribution in [2.24, 2.45) is 0 Å². The first-order valence-electron chi connectivity index (χ1n) is 8.58. The summed E-state index contributed by atoms with van der Waals surface area (Å²) < 4.78 is 5.84. The minimum Gasteiger partial charge on any atom is -0.486 e. The van der Waals surface area contributed by atoms with Crippen molar-refractivity contribution in [3.63, 3.8) is 0 Å². The second-order valence-electron chi connectivity index (χ2n) is 6.48. The molecular weight excluding hydrogens is 401 g/mol. The van der Waals surface area contributed by atoms with E-state index in [2.05, 4.69) is 12.2 Å². The van der Waals surface area contributed by atoms with Crippen LogP contribution in [0.1, 0.15) is 22.3 Å². The predicted octanol–water partition coefficient (Wildman–Crippen LogP) is 7.45. The number of benzene rings is 3. The first-order chi connectivity index (χ1) is 12.9. The third-order valence-corrected chi connectivity index (χ3v) is 5.20. The Balaban J connectivity index is 1.66. The van der Waals surface area contributed by atoms with Crippen molar-refractivity contribution in [3.05, 3.63) is 91.9 Å². The fourth-order valence-electron chi connectivity index (χ4n) is 2.60. The Morgan fingerprint density at radius 3 is 2.07 bits per heavy atom. The van der Waals surface area contributed by atoms with Gasteiger partial charge < -0.3 is 10.1 Å². The van der Waals surface area contributed by atoms with Crippen LogP contribution in [0.2, 0.25) is 15.1 Å². The molecule has 0 aliphatic heterocycles. The fourth-order valence-corrected chi connectivity index (χ4v) is 3.42. The molecule has 0 atom stereocenters. The van der Waals surface area contributed by atoms with Crippen LogP contribution in [0.3, 0.4) is 0 Å². The zero-order valence-corrected chi connectivity index (χ0v) is 17.4. The SMILES string of the molecule is Cc1ccc(COc2c(Cl)cc(CNc3ccc(C)c(Cl)c3)cc2Cl)cc1. The van der Waals surface area contributed by atoms with E-state index in [1.165, 1.54) is 5.56 Å². The van der Waals surface area contributed by atoms with Crippen LogP contribution in [0.5, 0.6) is 5.75 Å². The first kappa shape index (κ1) is 19.9. The van der Waals surface area contributed by atoms with Crippen molar-refractivity contribution >= 4 is 40.5 Å². The van der Waals surface area contributed by atoms with Crippen LogP contribution >= 0.6 is 34.8 Å². The maximum absolute atomic E-state index is 6.40. The second kappa shape index (κ2) is 8.88. The lowest BCUT2D eigenvalue weighted by molar-refractivity contribution is 0.306. The number of anilines is 1. The molecule has 0 fully saturated rings. The minimum absolute atomic E-state index is 0.416. The molecular formula is C22H20Cl3NO. The predicted molar refractivity (Wildman–Crippen MR) is 115 cm³/mol. The van der Waals surface area contributed by atoms with Crippen molar-refractivity contribution in [2.75, 3.05) is 5.32 Å². The minimum atomic E-state index is 0.416. The summed E-state index contributed by atoms with van der Waals surface area (Å²) in [5.41, 5.74) is 5.22. The monoisotopic (exact) mass is 419 g/mol. The van der Waals surface area contributed by atoms with Crippen molar-refractivity contribution in [3.8, 4) is 5.75 Å². The summed E-state index contributed by atoms with van der Waals surface area (Å²) in [7, 11) is 0. The maximum atomic E-state index is 6.40. The van der Waals surface area contributed by atoms with E-state index < -0.39 is 0 Å². The third kappa shape index (κ3) is 5.32. The van der Waals surface area contributed by atoms with Gasteiger partial charge in [-0.15, -0.1) is 0 Å². The molecule has 0 saturated heterocycles. The summed E-state index contributed by atoms with van der Waals surface area (Å²) in [6.07, 6.45) is 0. The van der Waals surface area contributed by atoms with Crippen LogP contribution in [-0.4, -0.2) is 0 Å². The largest absolute Gasteiger partial charge is 0.486 e. The molecule has 0 aromatic heterocycles. The summed E-state index contributed by atoms with van der Waals surface area (Å²) in [5, 5.41) is 5.04. The van der Waals surface area contributed by atoms with E-state index >= 15 is 0 Å². The Kier molecular flexibility index (Phi) is 6.54. The standard InChI is InChI=1S/C22H20Cl3NO/c1-14-3-6-16(7-4-14)13-27-22-20(24)9-17(10-21(22)25)12-26-18-8-5-15(2)19(23)11-18/h3-11,26H,12-13H2,1-2H3. The molecule has 0 amide bonds. The zero-order chi connectivity index (χ0) is 19.4. The Labute approximate surface area is 175 Å². The topological polar surface area (TPSA) is 21.3 Å². The summed E-state index contributed by atoms with van der Waals surface area (Å²) in [6, 6.07) is 17.8. The van der Waals surface area contributed by atoms with Crippen LogP contribution in [0.15, 0.2) is 54.6 Å². The molecule has 0 spiro atoms. The van der Waals surface area contributed by atoms with Gasteiger partial charge in [-0.2, -0.15) is 0 Å². The van der Waals surface area contributed by atoms with Gasteiger partial charge in [-0.25, -0.2) is 0 Å². The van der Waals surface area contributed by atoms with Crippen molar-refractivity contribution in [2.45, 2.75) is 27.0 Å². The highest BCUT2D eigenvalue weighted by Crippen LogP contribution is 2.35. The second-order valence-corrected chi connectivity index (χ2v) is 7.70. The molecule has 3 rings (SSSR count). The van der Waals surface area contributed by atoms with Gasteiger partial charge in [0.2, 0.25) is 0 Å². The molecule has 0 heterocycles. The van der Waals surface area contributed by atoms with Crippen molar-refractivity contribution in [1.82, 2.24) is 0 Å². The van der Waals surface area contributed by atoms with Gasteiger partial charge >= 0.3 is 0 Å². The number of rotatable bonds is 6. The molecule has 5 heteroatoms. The van der Waals surface area contributed by atoms with Crippen LogP contribution in [0.4, 0.5) is 5.69 Å². The van der Waals surface area contributed by atoms with Gasteiger partial charge in [-0.05, 0) is 54.8 Å². The van der Waals surface area contributed by atoms with Crippen LogP contribution < -0.4 is 10.1 Å². The molecule has 27 heavy (non-hydrogen) atoms. The fraction of sp³-hybridized carbons (Fsp3) is 0.182. The Bertz CT molecular complexity index is 916. The summed E-state index contributed by atoms with van der Waals surface area (Å²) in [6.45, 7) is 5.02. The molecule has 3 aromatic rings. The molecule has 0 aliphatic carbocycles. The van der Waals surface area contributed by atoms with Crippen molar-refractivity contribution < 1.29 is 4.74 Å². The average molecular weight is 421 g/mol. The summed E-state index contributed by atoms with van der Waals surface area (Å²) in [5.74, 6) is 0.501. The van der Waals surface area contributed by atoms with Crippen LogP contribution in [0, 0.1) is 13.8 Å². The number of hydrogen-bond donors (Lipinski definition) is 1. The first-order valence-corrected chi connectivity index (χ1v) is 9.72. The van der Waals surface area contributed by atoms with Gasteiger partial charge in [0.25, 0.3) is 0 Å². The van der Waals surface area contributed by atoms with E-state index in [9.17, 15) is 0 Å². The highest BCUT2D eigenvalue weighted by Gasteiger charge is 2.10. The van der Waals surface area contributed by atoms with Crippen LogP contribution in [0.25, 0.3) is 0 Å². The summed E-state index contributed by atoms with van der Waals surface area (Å²) >= 11 is 19.0. The van der Waals surface area contributed by atoms with Gasteiger partial charge in [-0.3, -0.25) is 0 Å². The van der Waals surface area contributed by atoms with E-state index in [1.54, 1.807) is 0 Å². The molecule has 1 N–H and O–H groups in total. The van der Waals surface area contributed by atoms with Gasteiger partial charge in [-0.1, -0.05) is 70.7 Å². The summed E-state index contributed by atoms with van der Waals surface area (Å²) in [4.78, 5) is 0. The highest BCUT2D eigenvalue weighted by atomic mass is 35.5. The zero-order valence-electron chi connectivity index (χ0n) is 15.2. The Hall–Kier alpha value is -1.87. The quantitative estimate of drug-likeness (QED) is 0.447. The molecule has 3 aromatic carbocycles. The molecule has 140 valence electrons. The Morgan fingerprint density at radius 1 is 0.778 bits per heavy atom. The lowest BCUT2D eigenvalue weighted by Crippen LogP contribution is -2.01. The van der Waals surface area contributed by atoms with Gasteiger partial charge in [0.15, 0.2) is 5.75 Å². The van der Waals surface area contributed by atoms with E-state index in [0.717, 1.165) is 27.4 Å². The van der Waals surface area contributed by atoms with Gasteiger partial charge in [0, 0.05) is 17.3 Å². The highest BCUT2D eigenvalue weighted by molar-refractivity contribution is 6.37. The maximum Gasteiger partial charge on any atom is 0.156 e. The number of aryl methyl sites for hydroxylation is 2. The van der Waals surface area contributed by atoms with Gasteiger partial charge in [0.05, 0.1) is 10.0 Å². The van der Waals surface area contributed by atoms with Gasteiger partial charge in [0.1, 0.15) is 6.61 Å². The lowest BCUT2D eigenvalue weighted by Gasteiger charge is -2.13. The van der Waals surface area contributed by atoms with E-state index in [1.807, 2.05) is 61.5 Å². The molecule has 2 nitrogen and oxygen atoms in total. The molecule has 0 radical (unpaired) electrons. The van der Waals surface area contributed by atoms with Crippen LogP contribution in [-0.2, 0) is 13.2 Å². The number of nitrogens with one attached hydrogen (secondary N) is 1. The van der Waals surface area contributed by atoms with E-state index in [4.69, 9.17) is 39.5 Å². The number of halogens is 3. The molecule has 0 bridgehead atoms. The third-order valence-electron chi connectivity index (χ3n) is 4.23. The molecule has 0 unspecified atom stereocenters. The van der Waals surface area contributed by atoms with Crippen molar-refractivity contribution in [1.29, 1.82) is 0 Å². The average Bonchev–Trinajstić information content (AvgIpc) is 2.63. The number of hydrogen-bond acceptors (Lipinski definition) is 2. The number of ether oxygens (including phenoxy) is 1. The lowest BCUT2D eigenvalue weighted by atomic mass is 10.1. The molecule has 0 saturated carbocycles.